The van der Waals surface area contributed by atoms with Crippen molar-refractivity contribution < 1.29 is 14.2 Å². The van der Waals surface area contributed by atoms with E-state index >= 15 is 0 Å². The molecule has 0 bridgehead atoms. The first-order chi connectivity index (χ1) is 13.7. The Kier molecular flexibility index (Phi) is 5.55. The normalized spacial score (nSPS) is 16.5. The Bertz CT molecular complexity index is 913. The molecule has 1 aromatic heterocycles. The molecule has 0 saturated carbocycles. The fourth-order valence-corrected chi connectivity index (χ4v) is 5.02. The Balaban J connectivity index is 1.63. The molecule has 0 saturated heterocycles. The Morgan fingerprint density at radius 1 is 0.964 bits per heavy atom. The van der Waals surface area contributed by atoms with E-state index in [1.54, 1.807) is 21.3 Å². The second kappa shape index (κ2) is 8.25. The molecule has 5 heteroatoms. The number of methoxy groups -OCH3 is 3. The van der Waals surface area contributed by atoms with Crippen molar-refractivity contribution in [1.82, 2.24) is 4.90 Å². The number of hydrogen-bond donors (Lipinski definition) is 0. The van der Waals surface area contributed by atoms with Crippen LogP contribution >= 0.6 is 11.3 Å². The molecule has 1 unspecified atom stereocenters. The second-order valence-electron chi connectivity index (χ2n) is 6.98. The molecule has 1 aliphatic rings. The number of thiophene rings is 1. The monoisotopic (exact) mass is 395 g/mol. The molecule has 0 amide bonds. The van der Waals surface area contributed by atoms with Gasteiger partial charge in [-0.2, -0.15) is 0 Å². The van der Waals surface area contributed by atoms with Gasteiger partial charge in [0.2, 0.25) is 5.75 Å². The van der Waals surface area contributed by atoms with Gasteiger partial charge in [-0.25, -0.2) is 0 Å². The van der Waals surface area contributed by atoms with Gasteiger partial charge in [-0.3, -0.25) is 4.90 Å². The van der Waals surface area contributed by atoms with Crippen LogP contribution in [0.2, 0.25) is 0 Å². The summed E-state index contributed by atoms with van der Waals surface area (Å²) in [6.07, 6.45) is 0. The molecular weight excluding hydrogens is 370 g/mol. The van der Waals surface area contributed by atoms with Crippen molar-refractivity contribution in [3.8, 4) is 17.2 Å². The quantitative estimate of drug-likeness (QED) is 0.593. The molecule has 28 heavy (non-hydrogen) atoms. The van der Waals surface area contributed by atoms with Gasteiger partial charge in [-0.15, -0.1) is 11.3 Å². The number of fused-ring (bicyclic) bond motifs is 1. The average molecular weight is 396 g/mol. The molecule has 0 N–H and O–H groups in total. The van der Waals surface area contributed by atoms with Crippen LogP contribution in [-0.4, -0.2) is 32.8 Å². The summed E-state index contributed by atoms with van der Waals surface area (Å²) in [5, 5.41) is 2.21. The molecular formula is C23H25NO3S. The Morgan fingerprint density at radius 3 is 2.32 bits per heavy atom. The summed E-state index contributed by atoms with van der Waals surface area (Å²) in [7, 11) is 4.95. The SMILES string of the molecule is COc1cc(CN2Cc3ccsc3C(c3ccccc3)C2)cc(OC)c1OC. The van der Waals surface area contributed by atoms with Crippen LogP contribution in [0.25, 0.3) is 0 Å². The number of benzene rings is 2. The summed E-state index contributed by atoms with van der Waals surface area (Å²) in [4.78, 5) is 3.99. The van der Waals surface area contributed by atoms with Crippen LogP contribution in [0.15, 0.2) is 53.9 Å². The largest absolute Gasteiger partial charge is 0.493 e. The topological polar surface area (TPSA) is 30.9 Å². The molecule has 2 aromatic carbocycles. The second-order valence-corrected chi connectivity index (χ2v) is 7.92. The van der Waals surface area contributed by atoms with Gasteiger partial charge in [0.25, 0.3) is 0 Å². The van der Waals surface area contributed by atoms with E-state index in [1.165, 1.54) is 16.0 Å². The van der Waals surface area contributed by atoms with Gasteiger partial charge in [0.1, 0.15) is 0 Å². The van der Waals surface area contributed by atoms with Crippen molar-refractivity contribution in [2.75, 3.05) is 27.9 Å². The summed E-state index contributed by atoms with van der Waals surface area (Å²) < 4.78 is 16.5. The van der Waals surface area contributed by atoms with Crippen LogP contribution in [0, 0.1) is 0 Å². The molecule has 0 aliphatic carbocycles. The molecule has 3 aromatic rings. The summed E-state index contributed by atoms with van der Waals surface area (Å²) in [6.45, 7) is 2.78. The van der Waals surface area contributed by atoms with Crippen molar-refractivity contribution in [2.24, 2.45) is 0 Å². The van der Waals surface area contributed by atoms with Gasteiger partial charge in [-0.05, 0) is 40.3 Å². The van der Waals surface area contributed by atoms with E-state index in [9.17, 15) is 0 Å². The van der Waals surface area contributed by atoms with E-state index in [0.29, 0.717) is 23.2 Å². The summed E-state index contributed by atoms with van der Waals surface area (Å²) in [5.41, 5.74) is 3.96. The molecule has 0 spiro atoms. The van der Waals surface area contributed by atoms with E-state index in [2.05, 4.69) is 46.7 Å². The highest BCUT2D eigenvalue weighted by Gasteiger charge is 2.28. The van der Waals surface area contributed by atoms with E-state index in [4.69, 9.17) is 14.2 Å². The van der Waals surface area contributed by atoms with Crippen LogP contribution in [-0.2, 0) is 13.1 Å². The fourth-order valence-electron chi connectivity index (χ4n) is 3.98. The lowest BCUT2D eigenvalue weighted by atomic mass is 9.91. The molecule has 2 heterocycles. The van der Waals surface area contributed by atoms with Gasteiger partial charge in [0.05, 0.1) is 21.3 Å². The lowest BCUT2D eigenvalue weighted by Gasteiger charge is -2.33. The van der Waals surface area contributed by atoms with Crippen molar-refractivity contribution >= 4 is 11.3 Å². The lowest BCUT2D eigenvalue weighted by molar-refractivity contribution is 0.233. The summed E-state index contributed by atoms with van der Waals surface area (Å²) in [5.74, 6) is 2.44. The van der Waals surface area contributed by atoms with E-state index in [1.807, 2.05) is 23.5 Å². The smallest absolute Gasteiger partial charge is 0.203 e. The van der Waals surface area contributed by atoms with Gasteiger partial charge in [0, 0.05) is 30.4 Å². The lowest BCUT2D eigenvalue weighted by Crippen LogP contribution is -2.32. The van der Waals surface area contributed by atoms with Crippen LogP contribution in [0.1, 0.15) is 27.5 Å². The maximum atomic E-state index is 5.52. The highest BCUT2D eigenvalue weighted by molar-refractivity contribution is 7.10. The predicted molar refractivity (Wildman–Crippen MR) is 113 cm³/mol. The first kappa shape index (κ1) is 18.8. The molecule has 1 atom stereocenters. The van der Waals surface area contributed by atoms with Gasteiger partial charge in [0.15, 0.2) is 11.5 Å². The fraction of sp³-hybridized carbons (Fsp3) is 0.304. The van der Waals surface area contributed by atoms with Crippen molar-refractivity contribution in [2.45, 2.75) is 19.0 Å². The number of hydrogen-bond acceptors (Lipinski definition) is 5. The number of rotatable bonds is 6. The van der Waals surface area contributed by atoms with E-state index in [-0.39, 0.29) is 0 Å². The van der Waals surface area contributed by atoms with Crippen molar-refractivity contribution in [3.05, 3.63) is 75.5 Å². The van der Waals surface area contributed by atoms with Crippen LogP contribution < -0.4 is 14.2 Å². The van der Waals surface area contributed by atoms with Crippen LogP contribution in [0.3, 0.4) is 0 Å². The third-order valence-corrected chi connectivity index (χ3v) is 6.34. The Labute approximate surface area is 170 Å². The molecule has 0 fully saturated rings. The molecule has 1 aliphatic heterocycles. The van der Waals surface area contributed by atoms with Crippen LogP contribution in [0.5, 0.6) is 17.2 Å². The number of nitrogens with zero attached hydrogens (tertiary/aromatic N) is 1. The van der Waals surface area contributed by atoms with Gasteiger partial charge in [-0.1, -0.05) is 30.3 Å². The standard InChI is InChI=1S/C23H25NO3S/c1-25-20-11-16(12-21(26-2)22(20)27-3)13-24-14-18-9-10-28-23(18)19(15-24)17-7-5-4-6-8-17/h4-12,19H,13-15H2,1-3H3. The average Bonchev–Trinajstić information content (AvgIpc) is 3.21. The molecule has 0 radical (unpaired) electrons. The minimum atomic E-state index is 0.409. The van der Waals surface area contributed by atoms with Crippen molar-refractivity contribution in [3.63, 3.8) is 0 Å². The first-order valence-corrected chi connectivity index (χ1v) is 10.2. The highest BCUT2D eigenvalue weighted by atomic mass is 32.1. The summed E-state index contributed by atoms with van der Waals surface area (Å²) in [6, 6.07) is 17.1. The Morgan fingerprint density at radius 2 is 1.68 bits per heavy atom. The molecule has 146 valence electrons. The predicted octanol–water partition coefficient (Wildman–Crippen LogP) is 4.92. The molecule has 4 nitrogen and oxygen atoms in total. The van der Waals surface area contributed by atoms with Gasteiger partial charge < -0.3 is 14.2 Å². The van der Waals surface area contributed by atoms with Crippen LogP contribution in [0.4, 0.5) is 0 Å². The maximum Gasteiger partial charge on any atom is 0.203 e. The zero-order valence-corrected chi connectivity index (χ0v) is 17.3. The minimum absolute atomic E-state index is 0.409. The highest BCUT2D eigenvalue weighted by Crippen LogP contribution is 2.40. The van der Waals surface area contributed by atoms with Gasteiger partial charge >= 0.3 is 0 Å². The van der Waals surface area contributed by atoms with Crippen molar-refractivity contribution in [1.29, 1.82) is 0 Å². The summed E-state index contributed by atoms with van der Waals surface area (Å²) >= 11 is 1.87. The zero-order chi connectivity index (χ0) is 19.5. The first-order valence-electron chi connectivity index (χ1n) is 9.36. The maximum absolute atomic E-state index is 5.52. The third-order valence-electron chi connectivity index (χ3n) is 5.26. The Hall–Kier alpha value is -2.50. The zero-order valence-electron chi connectivity index (χ0n) is 16.5. The minimum Gasteiger partial charge on any atom is -0.493 e. The third kappa shape index (κ3) is 3.60. The molecule has 4 rings (SSSR count). The van der Waals surface area contributed by atoms with E-state index < -0.39 is 0 Å². The number of ether oxygens (including phenoxy) is 3. The van der Waals surface area contributed by atoms with E-state index in [0.717, 1.165) is 25.2 Å².